The van der Waals surface area contributed by atoms with Gasteiger partial charge in [-0.15, -0.1) is 0 Å². The lowest BCUT2D eigenvalue weighted by molar-refractivity contribution is -0.133. The molecule has 3 fully saturated rings. The number of nitrogens with zero attached hydrogens (tertiary/aromatic N) is 3. The van der Waals surface area contributed by atoms with Crippen LogP contribution in [0.2, 0.25) is 0 Å². The SMILES string of the molecule is O=C(NC1CC1)C(O)C1CCN(Cc2nc(C3CC3)n[nH]2)CC1. The van der Waals surface area contributed by atoms with Gasteiger partial charge in [-0.1, -0.05) is 0 Å². The molecule has 2 heterocycles. The van der Waals surface area contributed by atoms with Gasteiger partial charge in [-0.2, -0.15) is 5.10 Å². The third-order valence-corrected chi connectivity index (χ3v) is 5.14. The molecule has 2 saturated carbocycles. The molecule has 1 aromatic rings. The summed E-state index contributed by atoms with van der Waals surface area (Å²) in [5.41, 5.74) is 0. The van der Waals surface area contributed by atoms with E-state index in [0.717, 1.165) is 57.0 Å². The Morgan fingerprint density at radius 1 is 1.26 bits per heavy atom. The van der Waals surface area contributed by atoms with Crippen molar-refractivity contribution in [3.63, 3.8) is 0 Å². The molecular formula is C16H25N5O2. The van der Waals surface area contributed by atoms with E-state index in [1.807, 2.05) is 0 Å². The molecule has 1 aliphatic heterocycles. The molecule has 2 aliphatic carbocycles. The van der Waals surface area contributed by atoms with Crippen molar-refractivity contribution in [3.05, 3.63) is 11.6 Å². The van der Waals surface area contributed by atoms with Gasteiger partial charge in [0.1, 0.15) is 11.9 Å². The summed E-state index contributed by atoms with van der Waals surface area (Å²) in [5, 5.41) is 20.4. The number of carbonyl (C=O) groups is 1. The molecule has 23 heavy (non-hydrogen) atoms. The summed E-state index contributed by atoms with van der Waals surface area (Å²) in [6.07, 6.45) is 5.37. The van der Waals surface area contributed by atoms with Crippen molar-refractivity contribution in [2.45, 2.75) is 63.1 Å². The van der Waals surface area contributed by atoms with Gasteiger partial charge < -0.3 is 10.4 Å². The number of carbonyl (C=O) groups excluding carboxylic acids is 1. The number of aliphatic hydroxyl groups excluding tert-OH is 1. The van der Waals surface area contributed by atoms with Crippen molar-refractivity contribution >= 4 is 5.91 Å². The van der Waals surface area contributed by atoms with E-state index in [1.165, 1.54) is 12.8 Å². The molecule has 0 bridgehead atoms. The second-order valence-electron chi connectivity index (χ2n) is 7.26. The largest absolute Gasteiger partial charge is 0.383 e. The maximum Gasteiger partial charge on any atom is 0.249 e. The van der Waals surface area contributed by atoms with Crippen LogP contribution in [0.4, 0.5) is 0 Å². The van der Waals surface area contributed by atoms with Crippen LogP contribution in [0.15, 0.2) is 0 Å². The number of aromatic nitrogens is 3. The first kappa shape index (κ1) is 15.1. The average Bonchev–Trinajstić information content (AvgIpc) is 3.49. The second-order valence-corrected chi connectivity index (χ2v) is 7.26. The van der Waals surface area contributed by atoms with Crippen molar-refractivity contribution in [1.82, 2.24) is 25.4 Å². The number of piperidine rings is 1. The van der Waals surface area contributed by atoms with Gasteiger partial charge in [-0.25, -0.2) is 4.98 Å². The van der Waals surface area contributed by atoms with Crippen LogP contribution in [-0.4, -0.2) is 56.3 Å². The molecular weight excluding hydrogens is 294 g/mol. The fourth-order valence-corrected chi connectivity index (χ4v) is 3.27. The molecule has 1 amide bonds. The van der Waals surface area contributed by atoms with Gasteiger partial charge in [0, 0.05) is 12.0 Å². The minimum atomic E-state index is -0.857. The monoisotopic (exact) mass is 319 g/mol. The molecule has 1 aromatic heterocycles. The van der Waals surface area contributed by atoms with Gasteiger partial charge in [-0.05, 0) is 57.5 Å². The van der Waals surface area contributed by atoms with Crippen LogP contribution in [0.25, 0.3) is 0 Å². The predicted octanol–water partition coefficient (Wildman–Crippen LogP) is 0.534. The summed E-state index contributed by atoms with van der Waals surface area (Å²) < 4.78 is 0. The van der Waals surface area contributed by atoms with E-state index in [2.05, 4.69) is 25.4 Å². The zero-order valence-corrected chi connectivity index (χ0v) is 13.4. The topological polar surface area (TPSA) is 94.1 Å². The summed E-state index contributed by atoms with van der Waals surface area (Å²) in [6.45, 7) is 2.55. The van der Waals surface area contributed by atoms with E-state index < -0.39 is 6.10 Å². The lowest BCUT2D eigenvalue weighted by atomic mass is 9.90. The zero-order valence-electron chi connectivity index (χ0n) is 13.4. The number of H-pyrrole nitrogens is 1. The number of amides is 1. The number of likely N-dealkylation sites (tertiary alicyclic amines) is 1. The Morgan fingerprint density at radius 2 is 2.00 bits per heavy atom. The number of hydrogen-bond donors (Lipinski definition) is 3. The summed E-state index contributed by atoms with van der Waals surface area (Å²) in [4.78, 5) is 18.8. The Balaban J connectivity index is 1.24. The predicted molar refractivity (Wildman–Crippen MR) is 83.5 cm³/mol. The molecule has 1 saturated heterocycles. The lowest BCUT2D eigenvalue weighted by Crippen LogP contribution is -2.45. The van der Waals surface area contributed by atoms with Crippen LogP contribution in [0, 0.1) is 5.92 Å². The van der Waals surface area contributed by atoms with E-state index in [1.54, 1.807) is 0 Å². The third kappa shape index (κ3) is 3.72. The van der Waals surface area contributed by atoms with E-state index in [9.17, 15) is 9.90 Å². The van der Waals surface area contributed by atoms with Gasteiger partial charge >= 0.3 is 0 Å². The van der Waals surface area contributed by atoms with Crippen molar-refractivity contribution in [1.29, 1.82) is 0 Å². The molecule has 0 radical (unpaired) electrons. The van der Waals surface area contributed by atoms with Crippen molar-refractivity contribution in [3.8, 4) is 0 Å². The van der Waals surface area contributed by atoms with Crippen LogP contribution in [0.1, 0.15) is 56.1 Å². The third-order valence-electron chi connectivity index (χ3n) is 5.14. The van der Waals surface area contributed by atoms with Crippen LogP contribution < -0.4 is 5.32 Å². The maximum atomic E-state index is 11.9. The molecule has 7 nitrogen and oxygen atoms in total. The molecule has 7 heteroatoms. The first-order chi connectivity index (χ1) is 11.2. The zero-order chi connectivity index (χ0) is 15.8. The Labute approximate surface area is 135 Å². The summed E-state index contributed by atoms with van der Waals surface area (Å²) in [7, 11) is 0. The molecule has 0 aromatic carbocycles. The fraction of sp³-hybridized carbons (Fsp3) is 0.812. The first-order valence-corrected chi connectivity index (χ1v) is 8.81. The summed E-state index contributed by atoms with van der Waals surface area (Å²) >= 11 is 0. The lowest BCUT2D eigenvalue weighted by Gasteiger charge is -2.33. The Morgan fingerprint density at radius 3 is 2.65 bits per heavy atom. The van der Waals surface area contributed by atoms with E-state index in [4.69, 9.17) is 0 Å². The summed E-state index contributed by atoms with van der Waals surface area (Å²) in [5.74, 6) is 2.35. The number of aliphatic hydroxyl groups is 1. The number of nitrogens with one attached hydrogen (secondary N) is 2. The molecule has 3 aliphatic rings. The van der Waals surface area contributed by atoms with Crippen molar-refractivity contribution in [2.75, 3.05) is 13.1 Å². The van der Waals surface area contributed by atoms with E-state index in [0.29, 0.717) is 12.0 Å². The first-order valence-electron chi connectivity index (χ1n) is 8.81. The van der Waals surface area contributed by atoms with E-state index in [-0.39, 0.29) is 11.8 Å². The average molecular weight is 319 g/mol. The van der Waals surface area contributed by atoms with Gasteiger partial charge in [0.05, 0.1) is 6.54 Å². The van der Waals surface area contributed by atoms with Crippen molar-refractivity contribution in [2.24, 2.45) is 5.92 Å². The summed E-state index contributed by atoms with van der Waals surface area (Å²) in [6, 6.07) is 0.310. The van der Waals surface area contributed by atoms with Crippen LogP contribution in [0.5, 0.6) is 0 Å². The molecule has 3 N–H and O–H groups in total. The van der Waals surface area contributed by atoms with Crippen LogP contribution in [0.3, 0.4) is 0 Å². The molecule has 126 valence electrons. The highest BCUT2D eigenvalue weighted by molar-refractivity contribution is 5.81. The Bertz CT molecular complexity index is 559. The smallest absolute Gasteiger partial charge is 0.249 e. The highest BCUT2D eigenvalue weighted by atomic mass is 16.3. The molecule has 1 atom stereocenters. The minimum Gasteiger partial charge on any atom is -0.383 e. The van der Waals surface area contributed by atoms with Gasteiger partial charge in [0.2, 0.25) is 5.91 Å². The molecule has 1 unspecified atom stereocenters. The quantitative estimate of drug-likeness (QED) is 0.711. The minimum absolute atomic E-state index is 0.0711. The number of hydrogen-bond acceptors (Lipinski definition) is 5. The number of aromatic amines is 1. The normalized spacial score (nSPS) is 24.6. The molecule has 0 spiro atoms. The van der Waals surface area contributed by atoms with Gasteiger partial charge in [-0.3, -0.25) is 14.8 Å². The van der Waals surface area contributed by atoms with Gasteiger partial charge in [0.15, 0.2) is 5.82 Å². The fourth-order valence-electron chi connectivity index (χ4n) is 3.27. The second kappa shape index (κ2) is 6.20. The Hall–Kier alpha value is -1.47. The number of rotatable bonds is 6. The van der Waals surface area contributed by atoms with E-state index >= 15 is 0 Å². The van der Waals surface area contributed by atoms with Crippen LogP contribution >= 0.6 is 0 Å². The van der Waals surface area contributed by atoms with Crippen molar-refractivity contribution < 1.29 is 9.90 Å². The maximum absolute atomic E-state index is 11.9. The highest BCUT2D eigenvalue weighted by Crippen LogP contribution is 2.37. The highest BCUT2D eigenvalue weighted by Gasteiger charge is 2.33. The van der Waals surface area contributed by atoms with Crippen LogP contribution in [-0.2, 0) is 11.3 Å². The molecule has 4 rings (SSSR count). The standard InChI is InChI=1S/C16H25N5O2/c22-14(16(23)17-12-3-4-12)10-5-7-21(8-6-10)9-13-18-15(20-19-13)11-1-2-11/h10-12,14,22H,1-9H2,(H,17,23)(H,18,19,20). The van der Waals surface area contributed by atoms with Gasteiger partial charge in [0.25, 0.3) is 0 Å². The Kier molecular flexibility index (Phi) is 4.07.